The Morgan fingerprint density at radius 1 is 1.39 bits per heavy atom. The van der Waals surface area contributed by atoms with Gasteiger partial charge in [0.1, 0.15) is 0 Å². The Labute approximate surface area is 103 Å². The van der Waals surface area contributed by atoms with E-state index in [1.165, 1.54) is 0 Å². The van der Waals surface area contributed by atoms with Crippen LogP contribution < -0.4 is 5.32 Å². The fourth-order valence-electron chi connectivity index (χ4n) is 1.76. The molecule has 0 saturated heterocycles. The van der Waals surface area contributed by atoms with Crippen molar-refractivity contribution in [2.24, 2.45) is 0 Å². The Bertz CT molecular complexity index is 670. The molecule has 0 bridgehead atoms. The fraction of sp³-hybridized carbons (Fsp3) is 0.0769. The van der Waals surface area contributed by atoms with Crippen LogP contribution in [0.1, 0.15) is 15.9 Å². The predicted octanol–water partition coefficient (Wildman–Crippen LogP) is 2.09. The lowest BCUT2D eigenvalue weighted by atomic mass is 10.1. The Morgan fingerprint density at radius 2 is 2.33 bits per heavy atom. The second-order valence-electron chi connectivity index (χ2n) is 3.99. The minimum Gasteiger partial charge on any atom is -0.472 e. The van der Waals surface area contributed by atoms with E-state index in [0.717, 1.165) is 16.5 Å². The lowest BCUT2D eigenvalue weighted by molar-refractivity contribution is 0.0951. The first-order valence-electron chi connectivity index (χ1n) is 5.55. The molecule has 3 rings (SSSR count). The first-order chi connectivity index (χ1) is 8.83. The lowest BCUT2D eigenvalue weighted by Gasteiger charge is -2.03. The Balaban J connectivity index is 1.75. The number of furan rings is 1. The van der Waals surface area contributed by atoms with Gasteiger partial charge < -0.3 is 9.73 Å². The van der Waals surface area contributed by atoms with Gasteiger partial charge in [0, 0.05) is 23.1 Å². The van der Waals surface area contributed by atoms with Crippen LogP contribution in [0.25, 0.3) is 10.9 Å². The van der Waals surface area contributed by atoms with Gasteiger partial charge in [0.25, 0.3) is 5.91 Å². The molecular weight excluding hydrogens is 230 g/mol. The van der Waals surface area contributed by atoms with Crippen molar-refractivity contribution < 1.29 is 9.21 Å². The number of nitrogens with one attached hydrogen (secondary N) is 2. The van der Waals surface area contributed by atoms with Crippen LogP contribution in [0.15, 0.2) is 47.4 Å². The van der Waals surface area contributed by atoms with Gasteiger partial charge >= 0.3 is 0 Å². The lowest BCUT2D eigenvalue weighted by Crippen LogP contribution is -2.22. The molecular formula is C13H11N3O2. The molecule has 5 nitrogen and oxygen atoms in total. The van der Waals surface area contributed by atoms with Crippen LogP contribution in [0.4, 0.5) is 0 Å². The standard InChI is InChI=1S/C13H11N3O2/c17-13(14-6-9-3-4-18-8-9)10-1-2-11-7-15-16-12(11)5-10/h1-5,7-8H,6H2,(H,14,17)(H,15,16). The maximum absolute atomic E-state index is 11.9. The van der Waals surface area contributed by atoms with Gasteiger partial charge in [-0.1, -0.05) is 6.07 Å². The van der Waals surface area contributed by atoms with Crippen LogP contribution in [-0.2, 0) is 6.54 Å². The normalized spacial score (nSPS) is 10.7. The smallest absolute Gasteiger partial charge is 0.251 e. The second kappa shape index (κ2) is 4.37. The van der Waals surface area contributed by atoms with Crippen molar-refractivity contribution >= 4 is 16.8 Å². The van der Waals surface area contributed by atoms with E-state index in [4.69, 9.17) is 4.42 Å². The fourth-order valence-corrected chi connectivity index (χ4v) is 1.76. The number of benzene rings is 1. The van der Waals surface area contributed by atoms with Crippen molar-refractivity contribution in [3.05, 3.63) is 54.1 Å². The molecule has 0 spiro atoms. The van der Waals surface area contributed by atoms with E-state index in [1.54, 1.807) is 30.9 Å². The number of aromatic amines is 1. The molecule has 0 fully saturated rings. The van der Waals surface area contributed by atoms with E-state index in [-0.39, 0.29) is 5.91 Å². The summed E-state index contributed by atoms with van der Waals surface area (Å²) in [4.78, 5) is 11.9. The number of carbonyl (C=O) groups is 1. The largest absolute Gasteiger partial charge is 0.472 e. The van der Waals surface area contributed by atoms with Crippen LogP contribution in [0.2, 0.25) is 0 Å². The maximum Gasteiger partial charge on any atom is 0.251 e. The Morgan fingerprint density at radius 3 is 3.17 bits per heavy atom. The van der Waals surface area contributed by atoms with Crippen molar-refractivity contribution in [1.82, 2.24) is 15.5 Å². The number of carbonyl (C=O) groups excluding carboxylic acids is 1. The Kier molecular flexibility index (Phi) is 2.57. The highest BCUT2D eigenvalue weighted by atomic mass is 16.3. The Hall–Kier alpha value is -2.56. The number of fused-ring (bicyclic) bond motifs is 1. The summed E-state index contributed by atoms with van der Waals surface area (Å²) in [5.41, 5.74) is 2.40. The van der Waals surface area contributed by atoms with E-state index in [1.807, 2.05) is 12.1 Å². The first-order valence-corrected chi connectivity index (χ1v) is 5.55. The third-order valence-corrected chi connectivity index (χ3v) is 2.74. The van der Waals surface area contributed by atoms with E-state index in [0.29, 0.717) is 12.1 Å². The highest BCUT2D eigenvalue weighted by molar-refractivity contribution is 5.97. The first kappa shape index (κ1) is 10.6. The maximum atomic E-state index is 11.9. The molecule has 0 aliphatic carbocycles. The zero-order chi connectivity index (χ0) is 12.4. The van der Waals surface area contributed by atoms with Crippen molar-refractivity contribution in [3.63, 3.8) is 0 Å². The van der Waals surface area contributed by atoms with Crippen LogP contribution in [0.5, 0.6) is 0 Å². The topological polar surface area (TPSA) is 70.9 Å². The van der Waals surface area contributed by atoms with Crippen LogP contribution >= 0.6 is 0 Å². The molecule has 5 heteroatoms. The molecule has 18 heavy (non-hydrogen) atoms. The number of hydrogen-bond donors (Lipinski definition) is 2. The van der Waals surface area contributed by atoms with Gasteiger partial charge in [-0.05, 0) is 18.2 Å². The minimum absolute atomic E-state index is 0.118. The van der Waals surface area contributed by atoms with Gasteiger partial charge in [-0.25, -0.2) is 0 Å². The zero-order valence-electron chi connectivity index (χ0n) is 9.51. The summed E-state index contributed by atoms with van der Waals surface area (Å²) in [6, 6.07) is 7.25. The molecule has 0 unspecified atom stereocenters. The quantitative estimate of drug-likeness (QED) is 0.737. The van der Waals surface area contributed by atoms with Crippen molar-refractivity contribution in [2.45, 2.75) is 6.54 Å². The van der Waals surface area contributed by atoms with E-state index >= 15 is 0 Å². The number of amides is 1. The zero-order valence-corrected chi connectivity index (χ0v) is 9.51. The van der Waals surface area contributed by atoms with Crippen LogP contribution in [0.3, 0.4) is 0 Å². The van der Waals surface area contributed by atoms with Gasteiger partial charge in [-0.2, -0.15) is 5.10 Å². The second-order valence-corrected chi connectivity index (χ2v) is 3.99. The summed E-state index contributed by atoms with van der Waals surface area (Å²) < 4.78 is 4.94. The summed E-state index contributed by atoms with van der Waals surface area (Å²) in [5.74, 6) is -0.118. The molecule has 0 aliphatic rings. The third kappa shape index (κ3) is 1.98. The van der Waals surface area contributed by atoms with Crippen molar-refractivity contribution in [3.8, 4) is 0 Å². The molecule has 0 radical (unpaired) electrons. The van der Waals surface area contributed by atoms with Gasteiger partial charge in [0.15, 0.2) is 0 Å². The number of hydrogen-bond acceptors (Lipinski definition) is 3. The molecule has 1 amide bonds. The van der Waals surface area contributed by atoms with E-state index in [2.05, 4.69) is 15.5 Å². The van der Waals surface area contributed by atoms with Crippen molar-refractivity contribution in [1.29, 1.82) is 0 Å². The number of nitrogens with zero attached hydrogens (tertiary/aromatic N) is 1. The summed E-state index contributed by atoms with van der Waals surface area (Å²) in [7, 11) is 0. The van der Waals surface area contributed by atoms with Gasteiger partial charge in [0.2, 0.25) is 0 Å². The number of aromatic nitrogens is 2. The molecule has 0 saturated carbocycles. The summed E-state index contributed by atoms with van der Waals surface area (Å²) >= 11 is 0. The van der Waals surface area contributed by atoms with E-state index in [9.17, 15) is 4.79 Å². The highest BCUT2D eigenvalue weighted by Crippen LogP contribution is 2.12. The highest BCUT2D eigenvalue weighted by Gasteiger charge is 2.07. The van der Waals surface area contributed by atoms with E-state index < -0.39 is 0 Å². The molecule has 0 atom stereocenters. The monoisotopic (exact) mass is 241 g/mol. The summed E-state index contributed by atoms with van der Waals surface area (Å²) in [5, 5.41) is 10.6. The minimum atomic E-state index is -0.118. The molecule has 3 aromatic rings. The molecule has 90 valence electrons. The summed E-state index contributed by atoms with van der Waals surface area (Å²) in [6.45, 7) is 0.455. The van der Waals surface area contributed by atoms with Gasteiger partial charge in [-0.15, -0.1) is 0 Å². The number of rotatable bonds is 3. The SMILES string of the molecule is O=C(NCc1ccoc1)c1ccc2cn[nH]c2c1. The van der Waals surface area contributed by atoms with Crippen LogP contribution in [-0.4, -0.2) is 16.1 Å². The molecule has 2 heterocycles. The van der Waals surface area contributed by atoms with Crippen molar-refractivity contribution in [2.75, 3.05) is 0 Å². The molecule has 1 aromatic carbocycles. The molecule has 0 aliphatic heterocycles. The van der Waals surface area contributed by atoms with Crippen LogP contribution in [0, 0.1) is 0 Å². The summed E-state index contributed by atoms with van der Waals surface area (Å²) in [6.07, 6.45) is 4.92. The molecule has 2 aromatic heterocycles. The van der Waals surface area contributed by atoms with Gasteiger partial charge in [0.05, 0.1) is 24.2 Å². The average molecular weight is 241 g/mol. The molecule has 2 N–H and O–H groups in total. The third-order valence-electron chi connectivity index (χ3n) is 2.74. The average Bonchev–Trinajstić information content (AvgIpc) is 3.05. The van der Waals surface area contributed by atoms with Gasteiger partial charge in [-0.3, -0.25) is 9.89 Å². The number of H-pyrrole nitrogens is 1. The predicted molar refractivity (Wildman–Crippen MR) is 66.0 cm³/mol.